The predicted octanol–water partition coefficient (Wildman–Crippen LogP) is -4.18. The van der Waals surface area contributed by atoms with Crippen LogP contribution in [-0.4, -0.2) is 86.4 Å². The Hall–Kier alpha value is -3.03. The zero-order valence-corrected chi connectivity index (χ0v) is 15.1. The molecule has 0 radical (unpaired) electrons. The molecule has 3 amide bonds. The number of nitrogens with one attached hydrogen (secondary N) is 4. The second-order valence-electron chi connectivity index (χ2n) is 5.97. The third kappa shape index (κ3) is 7.30. The fourth-order valence-electron chi connectivity index (χ4n) is 2.09. The number of hydrogen-bond acceptors (Lipinski definition) is 8. The number of carboxylic acids is 1. The van der Waals surface area contributed by atoms with Crippen molar-refractivity contribution >= 4 is 23.7 Å². The molecule has 1 aromatic rings. The van der Waals surface area contributed by atoms with Gasteiger partial charge in [0.05, 0.1) is 25.6 Å². The summed E-state index contributed by atoms with van der Waals surface area (Å²) in [5, 5.41) is 34.4. The molecule has 0 aromatic carbocycles. The fourth-order valence-corrected chi connectivity index (χ4v) is 2.09. The second-order valence-corrected chi connectivity index (χ2v) is 5.97. The number of amides is 3. The molecule has 0 spiro atoms. The third-order valence-electron chi connectivity index (χ3n) is 3.63. The molecule has 0 saturated heterocycles. The maximum atomic E-state index is 12.3. The summed E-state index contributed by atoms with van der Waals surface area (Å²) in [5.74, 6) is -3.83. The highest BCUT2D eigenvalue weighted by atomic mass is 16.4. The van der Waals surface area contributed by atoms with Crippen LogP contribution in [0.25, 0.3) is 0 Å². The first kappa shape index (κ1) is 23.0. The van der Waals surface area contributed by atoms with Gasteiger partial charge in [0.15, 0.2) is 0 Å². The molecule has 0 aliphatic rings. The van der Waals surface area contributed by atoms with Gasteiger partial charge < -0.3 is 42.0 Å². The van der Waals surface area contributed by atoms with Gasteiger partial charge in [0.2, 0.25) is 17.7 Å². The van der Waals surface area contributed by atoms with Crippen molar-refractivity contribution in [3.8, 4) is 0 Å². The van der Waals surface area contributed by atoms with Crippen LogP contribution < -0.4 is 21.7 Å². The number of nitrogens with zero attached hydrogens (tertiary/aromatic N) is 1. The second kappa shape index (κ2) is 11.0. The molecule has 4 atom stereocenters. The molecular formula is C15H24N6O7. The van der Waals surface area contributed by atoms with Crippen LogP contribution in [0.4, 0.5) is 0 Å². The van der Waals surface area contributed by atoms with E-state index in [2.05, 4.69) is 25.9 Å². The van der Waals surface area contributed by atoms with Gasteiger partial charge in [-0.15, -0.1) is 0 Å². The molecule has 4 unspecified atom stereocenters. The number of carboxylic acid groups (broad SMARTS) is 1. The minimum atomic E-state index is -1.46. The first-order valence-corrected chi connectivity index (χ1v) is 8.27. The summed E-state index contributed by atoms with van der Waals surface area (Å²) in [6.07, 6.45) is 1.32. The van der Waals surface area contributed by atoms with E-state index in [4.69, 9.17) is 10.8 Å². The molecule has 13 nitrogen and oxygen atoms in total. The summed E-state index contributed by atoms with van der Waals surface area (Å²) in [4.78, 5) is 53.5. The molecule has 0 bridgehead atoms. The number of carbonyl (C=O) groups is 4. The van der Waals surface area contributed by atoms with E-state index < -0.39 is 61.1 Å². The maximum Gasteiger partial charge on any atom is 0.326 e. The van der Waals surface area contributed by atoms with Crippen molar-refractivity contribution in [1.29, 1.82) is 0 Å². The van der Waals surface area contributed by atoms with E-state index in [0.717, 1.165) is 0 Å². The lowest BCUT2D eigenvalue weighted by atomic mass is 10.1. The van der Waals surface area contributed by atoms with E-state index >= 15 is 0 Å². The lowest BCUT2D eigenvalue weighted by Gasteiger charge is -2.23. The number of hydrogen-bond donors (Lipinski definition) is 8. The Kier molecular flexibility index (Phi) is 9.01. The highest BCUT2D eigenvalue weighted by molar-refractivity contribution is 5.92. The van der Waals surface area contributed by atoms with Gasteiger partial charge in [0, 0.05) is 18.3 Å². The molecule has 0 aliphatic carbocycles. The maximum absolute atomic E-state index is 12.3. The van der Waals surface area contributed by atoms with Crippen LogP contribution in [0, 0.1) is 0 Å². The summed E-state index contributed by atoms with van der Waals surface area (Å²) in [5.41, 5.74) is 5.74. The SMILES string of the molecule is CC(O)C(NC(=O)CNC(=O)C(N)CO)C(=O)NC(Cc1cnc[nH]1)C(=O)O. The van der Waals surface area contributed by atoms with Crippen LogP contribution >= 0.6 is 0 Å². The van der Waals surface area contributed by atoms with E-state index in [1.165, 1.54) is 19.4 Å². The zero-order valence-electron chi connectivity index (χ0n) is 15.1. The van der Waals surface area contributed by atoms with Gasteiger partial charge in [-0.05, 0) is 6.92 Å². The van der Waals surface area contributed by atoms with Crippen LogP contribution in [0.15, 0.2) is 12.5 Å². The average Bonchev–Trinajstić information content (AvgIpc) is 3.15. The van der Waals surface area contributed by atoms with Crippen LogP contribution in [-0.2, 0) is 25.6 Å². The number of imidazole rings is 1. The Labute approximate surface area is 159 Å². The number of aliphatic hydroxyl groups excluding tert-OH is 2. The molecule has 156 valence electrons. The topological polar surface area (TPSA) is 220 Å². The molecule has 1 heterocycles. The predicted molar refractivity (Wildman–Crippen MR) is 93.5 cm³/mol. The monoisotopic (exact) mass is 400 g/mol. The Morgan fingerprint density at radius 1 is 1.25 bits per heavy atom. The molecule has 1 rings (SSSR count). The number of aromatic amines is 1. The number of aliphatic carboxylic acids is 1. The third-order valence-corrected chi connectivity index (χ3v) is 3.63. The first-order valence-electron chi connectivity index (χ1n) is 8.27. The lowest BCUT2D eigenvalue weighted by Crippen LogP contribution is -2.57. The van der Waals surface area contributed by atoms with Crippen molar-refractivity contribution in [2.24, 2.45) is 5.73 Å². The molecule has 0 fully saturated rings. The summed E-state index contributed by atoms with van der Waals surface area (Å²) in [6, 6.07) is -3.99. The summed E-state index contributed by atoms with van der Waals surface area (Å²) in [6.45, 7) is 0.0635. The smallest absolute Gasteiger partial charge is 0.326 e. The minimum absolute atomic E-state index is 0.0867. The minimum Gasteiger partial charge on any atom is -0.480 e. The standard InChI is InChI=1S/C15H24N6O7/c1-7(23)12(21-11(24)4-18-13(25)9(16)5-22)14(26)20-10(15(27)28)2-8-3-17-6-19-8/h3,6-7,9-10,12,22-23H,2,4-5,16H2,1H3,(H,17,19)(H,18,25)(H,20,26)(H,21,24)(H,27,28). The molecule has 0 saturated carbocycles. The fraction of sp³-hybridized carbons (Fsp3) is 0.533. The highest BCUT2D eigenvalue weighted by Crippen LogP contribution is 2.01. The van der Waals surface area contributed by atoms with Gasteiger partial charge in [0.1, 0.15) is 18.1 Å². The van der Waals surface area contributed by atoms with Crippen LogP contribution in [0.1, 0.15) is 12.6 Å². The summed E-state index contributed by atoms with van der Waals surface area (Å²) in [7, 11) is 0. The molecule has 9 N–H and O–H groups in total. The Bertz CT molecular complexity index is 678. The Morgan fingerprint density at radius 3 is 2.43 bits per heavy atom. The Balaban J connectivity index is 2.67. The number of aromatic nitrogens is 2. The van der Waals surface area contributed by atoms with Crippen LogP contribution in [0.2, 0.25) is 0 Å². The van der Waals surface area contributed by atoms with Crippen molar-refractivity contribution in [3.05, 3.63) is 18.2 Å². The van der Waals surface area contributed by atoms with Gasteiger partial charge in [-0.3, -0.25) is 14.4 Å². The number of rotatable bonds is 11. The van der Waals surface area contributed by atoms with Crippen LogP contribution in [0.3, 0.4) is 0 Å². The summed E-state index contributed by atoms with van der Waals surface area (Å²) >= 11 is 0. The van der Waals surface area contributed by atoms with E-state index in [1.54, 1.807) is 0 Å². The Morgan fingerprint density at radius 2 is 1.93 bits per heavy atom. The molecule has 0 aliphatic heterocycles. The van der Waals surface area contributed by atoms with E-state index in [1.807, 2.05) is 0 Å². The quantitative estimate of drug-likeness (QED) is 0.180. The van der Waals surface area contributed by atoms with Crippen molar-refractivity contribution in [2.75, 3.05) is 13.2 Å². The molecular weight excluding hydrogens is 376 g/mol. The highest BCUT2D eigenvalue weighted by Gasteiger charge is 2.30. The zero-order chi connectivity index (χ0) is 21.3. The number of nitrogens with two attached hydrogens (primary N) is 1. The normalized spacial score (nSPS) is 15.0. The van der Waals surface area contributed by atoms with Gasteiger partial charge >= 0.3 is 5.97 Å². The van der Waals surface area contributed by atoms with Gasteiger partial charge in [-0.1, -0.05) is 0 Å². The molecule has 1 aromatic heterocycles. The van der Waals surface area contributed by atoms with Crippen LogP contribution in [0.5, 0.6) is 0 Å². The average molecular weight is 400 g/mol. The lowest BCUT2D eigenvalue weighted by molar-refractivity contribution is -0.143. The van der Waals surface area contributed by atoms with E-state index in [0.29, 0.717) is 5.69 Å². The molecule has 13 heteroatoms. The number of H-pyrrole nitrogens is 1. The van der Waals surface area contributed by atoms with Crippen molar-refractivity contribution in [1.82, 2.24) is 25.9 Å². The van der Waals surface area contributed by atoms with E-state index in [9.17, 15) is 29.4 Å². The van der Waals surface area contributed by atoms with Gasteiger partial charge in [-0.2, -0.15) is 0 Å². The van der Waals surface area contributed by atoms with Crippen molar-refractivity contribution < 1.29 is 34.5 Å². The van der Waals surface area contributed by atoms with E-state index in [-0.39, 0.29) is 6.42 Å². The van der Waals surface area contributed by atoms with Crippen molar-refractivity contribution in [3.63, 3.8) is 0 Å². The van der Waals surface area contributed by atoms with Crippen molar-refractivity contribution in [2.45, 2.75) is 37.6 Å². The summed E-state index contributed by atoms with van der Waals surface area (Å²) < 4.78 is 0. The molecule has 28 heavy (non-hydrogen) atoms. The van der Waals surface area contributed by atoms with Gasteiger partial charge in [-0.25, -0.2) is 9.78 Å². The first-order chi connectivity index (χ1) is 13.1. The largest absolute Gasteiger partial charge is 0.480 e. The number of carbonyl (C=O) groups excluding carboxylic acids is 3. The van der Waals surface area contributed by atoms with Gasteiger partial charge in [0.25, 0.3) is 0 Å². The number of aliphatic hydroxyl groups is 2.